The van der Waals surface area contributed by atoms with Crippen LogP contribution in [-0.2, 0) is 19.1 Å². The molecule has 2 atom stereocenters. The third-order valence-corrected chi connectivity index (χ3v) is 6.87. The number of ether oxygens (including phenoxy) is 2. The fourth-order valence-electron chi connectivity index (χ4n) is 3.82. The van der Waals surface area contributed by atoms with Crippen molar-refractivity contribution in [1.29, 1.82) is 0 Å². The van der Waals surface area contributed by atoms with E-state index in [2.05, 4.69) is 26.2 Å². The Hall–Kier alpha value is -2.67. The molecule has 0 amide bonds. The number of aliphatic imine (C=N–C) groups is 1. The Kier molecular flexibility index (Phi) is 7.71. The summed E-state index contributed by atoms with van der Waals surface area (Å²) in [6.07, 6.45) is 1.64. The number of thiazole rings is 1. The fraction of sp³-hybridized carbons (Fsp3) is 0.364. The normalized spacial score (nSPS) is 21.1. The Morgan fingerprint density at radius 3 is 2.94 bits per heavy atom. The molecule has 1 fully saturated rings. The van der Waals surface area contributed by atoms with Gasteiger partial charge in [-0.1, -0.05) is 22.0 Å². The molecule has 0 saturated carbocycles. The van der Waals surface area contributed by atoms with E-state index in [1.165, 1.54) is 23.5 Å². The third-order valence-electron chi connectivity index (χ3n) is 5.40. The van der Waals surface area contributed by atoms with Crippen LogP contribution in [-0.4, -0.2) is 71.7 Å². The van der Waals surface area contributed by atoms with E-state index in [1.54, 1.807) is 29.5 Å². The maximum atomic E-state index is 13.8. The van der Waals surface area contributed by atoms with E-state index in [0.717, 1.165) is 0 Å². The minimum atomic E-state index is -1.01. The number of carboxylic acids is 1. The van der Waals surface area contributed by atoms with E-state index in [0.29, 0.717) is 39.7 Å². The van der Waals surface area contributed by atoms with Gasteiger partial charge in [0, 0.05) is 34.8 Å². The van der Waals surface area contributed by atoms with Crippen LogP contribution >= 0.6 is 27.3 Å². The number of aliphatic carboxylic acids is 1. The highest BCUT2D eigenvalue weighted by atomic mass is 79.9. The van der Waals surface area contributed by atoms with Gasteiger partial charge >= 0.3 is 11.9 Å². The van der Waals surface area contributed by atoms with Crippen LogP contribution in [0.15, 0.2) is 50.5 Å². The van der Waals surface area contributed by atoms with Crippen LogP contribution in [0.1, 0.15) is 23.5 Å². The topological polar surface area (TPSA) is 113 Å². The van der Waals surface area contributed by atoms with Gasteiger partial charge in [0.25, 0.3) is 0 Å². The van der Waals surface area contributed by atoms with E-state index >= 15 is 0 Å². The number of carbonyl (C=O) groups is 2. The molecule has 1 aromatic carbocycles. The Morgan fingerprint density at radius 1 is 1.44 bits per heavy atom. The molecule has 2 aliphatic rings. The van der Waals surface area contributed by atoms with Gasteiger partial charge in [-0.15, -0.1) is 11.3 Å². The molecule has 2 N–H and O–H groups in total. The molecule has 9 nitrogen and oxygen atoms in total. The number of rotatable bonds is 7. The second kappa shape index (κ2) is 10.7. The average Bonchev–Trinajstić information content (AvgIpc) is 3.34. The number of benzene rings is 1. The van der Waals surface area contributed by atoms with Crippen LogP contribution in [0.4, 0.5) is 4.39 Å². The summed E-state index contributed by atoms with van der Waals surface area (Å²) in [4.78, 5) is 35.8. The number of halogens is 2. The SMILES string of the molecule is CCOC(=O)C1=C(CN2CCOC[C@H]2C(=O)O)NC(c2nccs2)=NC1c1ccc(F)cc1Br. The van der Waals surface area contributed by atoms with Gasteiger partial charge < -0.3 is 19.9 Å². The molecule has 2 aromatic rings. The quantitative estimate of drug-likeness (QED) is 0.504. The van der Waals surface area contributed by atoms with Crippen LogP contribution in [0.5, 0.6) is 0 Å². The predicted molar refractivity (Wildman–Crippen MR) is 126 cm³/mol. The first kappa shape index (κ1) is 24.5. The predicted octanol–water partition coefficient (Wildman–Crippen LogP) is 2.74. The van der Waals surface area contributed by atoms with Gasteiger partial charge in [0.15, 0.2) is 10.8 Å². The number of nitrogens with zero attached hydrogens (tertiary/aromatic N) is 3. The molecule has 1 unspecified atom stereocenters. The lowest BCUT2D eigenvalue weighted by Gasteiger charge is -2.35. The highest BCUT2D eigenvalue weighted by molar-refractivity contribution is 9.10. The standard InChI is InChI=1S/C22H22BrFN4O5S/c1-2-33-22(31)17-15(10-28-6-7-32-11-16(28)21(29)30)26-19(20-25-5-8-34-20)27-18(17)13-4-3-12(24)9-14(13)23/h3-5,8-9,16,18H,2,6-7,10-11H2,1H3,(H,26,27)(H,29,30)/t16-,18?/m0/s1. The van der Waals surface area contributed by atoms with Crippen molar-refractivity contribution in [2.24, 2.45) is 4.99 Å². The first-order valence-electron chi connectivity index (χ1n) is 10.5. The third kappa shape index (κ3) is 5.19. The lowest BCUT2D eigenvalue weighted by atomic mass is 9.95. The van der Waals surface area contributed by atoms with Gasteiger partial charge in [0.2, 0.25) is 0 Å². The highest BCUT2D eigenvalue weighted by Crippen LogP contribution is 2.37. The van der Waals surface area contributed by atoms with Crippen molar-refractivity contribution >= 4 is 45.0 Å². The number of carbonyl (C=O) groups excluding carboxylic acids is 1. The van der Waals surface area contributed by atoms with Gasteiger partial charge in [-0.2, -0.15) is 0 Å². The second-order valence-electron chi connectivity index (χ2n) is 7.52. The number of nitrogens with one attached hydrogen (secondary N) is 1. The van der Waals surface area contributed by atoms with E-state index in [4.69, 9.17) is 14.5 Å². The molecule has 4 rings (SSSR count). The molecular weight excluding hydrogens is 531 g/mol. The molecule has 34 heavy (non-hydrogen) atoms. The molecule has 3 heterocycles. The lowest BCUT2D eigenvalue weighted by molar-refractivity contribution is -0.149. The maximum Gasteiger partial charge on any atom is 0.338 e. The maximum absolute atomic E-state index is 13.8. The van der Waals surface area contributed by atoms with E-state index in [-0.39, 0.29) is 25.3 Å². The molecule has 0 bridgehead atoms. The van der Waals surface area contributed by atoms with Crippen molar-refractivity contribution in [3.8, 4) is 0 Å². The summed E-state index contributed by atoms with van der Waals surface area (Å²) in [6.45, 7) is 2.74. The summed E-state index contributed by atoms with van der Waals surface area (Å²) in [5.41, 5.74) is 1.24. The molecule has 1 aromatic heterocycles. The number of hydrogen-bond acceptors (Lipinski definition) is 9. The first-order valence-corrected chi connectivity index (χ1v) is 12.2. The number of aromatic nitrogens is 1. The van der Waals surface area contributed by atoms with E-state index in [1.807, 2.05) is 0 Å². The summed E-state index contributed by atoms with van der Waals surface area (Å²) in [5, 5.41) is 15.3. The number of amidine groups is 1. The second-order valence-corrected chi connectivity index (χ2v) is 9.27. The summed E-state index contributed by atoms with van der Waals surface area (Å²) in [6, 6.07) is 2.47. The Labute approximate surface area is 207 Å². The van der Waals surface area contributed by atoms with Gasteiger partial charge in [-0.25, -0.2) is 14.2 Å². The molecule has 0 radical (unpaired) electrons. The molecule has 180 valence electrons. The van der Waals surface area contributed by atoms with Crippen LogP contribution in [0.2, 0.25) is 0 Å². The zero-order valence-corrected chi connectivity index (χ0v) is 20.6. The van der Waals surface area contributed by atoms with Crippen molar-refractivity contribution < 1.29 is 28.6 Å². The highest BCUT2D eigenvalue weighted by Gasteiger charge is 2.37. The Bertz CT molecular complexity index is 1140. The zero-order valence-electron chi connectivity index (χ0n) is 18.2. The van der Waals surface area contributed by atoms with Crippen LogP contribution in [0.3, 0.4) is 0 Å². The smallest absolute Gasteiger partial charge is 0.338 e. The fourth-order valence-corrected chi connectivity index (χ4v) is 4.98. The molecule has 1 saturated heterocycles. The molecular formula is C22H22BrFN4O5S. The monoisotopic (exact) mass is 552 g/mol. The van der Waals surface area contributed by atoms with Crippen LogP contribution in [0, 0.1) is 5.82 Å². The zero-order chi connectivity index (χ0) is 24.2. The molecule has 0 spiro atoms. The summed E-state index contributed by atoms with van der Waals surface area (Å²) in [7, 11) is 0. The minimum Gasteiger partial charge on any atom is -0.480 e. The summed E-state index contributed by atoms with van der Waals surface area (Å²) in [5.74, 6) is -1.61. The van der Waals surface area contributed by atoms with Gasteiger partial charge in [-0.3, -0.25) is 14.7 Å². The number of carboxylic acid groups (broad SMARTS) is 1. The van der Waals surface area contributed by atoms with Crippen molar-refractivity contribution in [2.75, 3.05) is 32.9 Å². The number of esters is 1. The Morgan fingerprint density at radius 2 is 2.26 bits per heavy atom. The van der Waals surface area contributed by atoms with Gasteiger partial charge in [0.05, 0.1) is 25.4 Å². The van der Waals surface area contributed by atoms with Gasteiger partial charge in [0.1, 0.15) is 17.9 Å². The van der Waals surface area contributed by atoms with E-state index in [9.17, 15) is 19.1 Å². The van der Waals surface area contributed by atoms with Crippen LogP contribution < -0.4 is 5.32 Å². The van der Waals surface area contributed by atoms with Crippen molar-refractivity contribution in [3.63, 3.8) is 0 Å². The van der Waals surface area contributed by atoms with E-state index < -0.39 is 29.8 Å². The minimum absolute atomic E-state index is 0.0394. The number of hydrogen-bond donors (Lipinski definition) is 2. The molecule has 12 heteroatoms. The van der Waals surface area contributed by atoms with Crippen molar-refractivity contribution in [1.82, 2.24) is 15.2 Å². The number of morpholine rings is 1. The van der Waals surface area contributed by atoms with Gasteiger partial charge in [-0.05, 0) is 24.6 Å². The summed E-state index contributed by atoms with van der Waals surface area (Å²) >= 11 is 4.76. The average molecular weight is 553 g/mol. The largest absolute Gasteiger partial charge is 0.480 e. The Balaban J connectivity index is 1.83. The van der Waals surface area contributed by atoms with Crippen molar-refractivity contribution in [2.45, 2.75) is 19.0 Å². The lowest BCUT2D eigenvalue weighted by Crippen LogP contribution is -2.52. The molecule has 0 aliphatic carbocycles. The molecule has 2 aliphatic heterocycles. The van der Waals surface area contributed by atoms with Crippen LogP contribution in [0.25, 0.3) is 0 Å². The first-order chi connectivity index (χ1) is 16.4. The summed E-state index contributed by atoms with van der Waals surface area (Å²) < 4.78 is 25.0. The van der Waals surface area contributed by atoms with Crippen molar-refractivity contribution in [3.05, 3.63) is 61.9 Å².